The zero-order valence-corrected chi connectivity index (χ0v) is 16.0. The van der Waals surface area contributed by atoms with Gasteiger partial charge in [-0.3, -0.25) is 0 Å². The van der Waals surface area contributed by atoms with Gasteiger partial charge in [-0.25, -0.2) is 9.97 Å². The first-order valence-corrected chi connectivity index (χ1v) is 9.30. The Hall–Kier alpha value is -3.86. The first-order valence-electron chi connectivity index (χ1n) is 9.30. The van der Waals surface area contributed by atoms with Gasteiger partial charge in [-0.1, -0.05) is 54.6 Å². The minimum atomic E-state index is 0.0718. The Balaban J connectivity index is 1.65. The number of benzene rings is 3. The van der Waals surface area contributed by atoms with Crippen molar-refractivity contribution < 1.29 is 9.84 Å². The Labute approximate surface area is 169 Å². The van der Waals surface area contributed by atoms with Gasteiger partial charge in [0.05, 0.1) is 5.69 Å². The van der Waals surface area contributed by atoms with Gasteiger partial charge in [0.25, 0.3) is 0 Å². The number of nitrogens with two attached hydrogens (primary N) is 1. The van der Waals surface area contributed by atoms with E-state index < -0.39 is 0 Å². The molecule has 0 amide bonds. The molecule has 0 spiro atoms. The summed E-state index contributed by atoms with van der Waals surface area (Å²) in [5, 5.41) is 10.7. The predicted octanol–water partition coefficient (Wildman–Crippen LogP) is 4.99. The lowest BCUT2D eigenvalue weighted by Crippen LogP contribution is -2.00. The predicted molar refractivity (Wildman–Crippen MR) is 114 cm³/mol. The summed E-state index contributed by atoms with van der Waals surface area (Å²) in [7, 11) is 0. The highest BCUT2D eigenvalue weighted by Gasteiger charge is 2.15. The molecule has 0 atom stereocenters. The molecule has 4 rings (SSSR count). The summed E-state index contributed by atoms with van der Waals surface area (Å²) < 4.78 is 5.87. The van der Waals surface area contributed by atoms with Crippen LogP contribution in [0.2, 0.25) is 0 Å². The number of aromatic hydroxyl groups is 1. The lowest BCUT2D eigenvalue weighted by Gasteiger charge is -2.13. The first kappa shape index (κ1) is 18.5. The van der Waals surface area contributed by atoms with Crippen LogP contribution in [0.3, 0.4) is 0 Å². The minimum absolute atomic E-state index is 0.0718. The molecule has 3 N–H and O–H groups in total. The number of hydrogen-bond acceptors (Lipinski definition) is 5. The van der Waals surface area contributed by atoms with Crippen molar-refractivity contribution in [1.29, 1.82) is 0 Å². The van der Waals surface area contributed by atoms with E-state index in [2.05, 4.69) is 9.97 Å². The van der Waals surface area contributed by atoms with Crippen molar-refractivity contribution in [3.05, 3.63) is 90.1 Å². The van der Waals surface area contributed by atoms with Gasteiger partial charge < -0.3 is 15.6 Å². The quantitative estimate of drug-likeness (QED) is 0.508. The molecule has 4 aromatic rings. The summed E-state index contributed by atoms with van der Waals surface area (Å²) in [6.45, 7) is 2.48. The standard InChI is InChI=1S/C24H21N3O2/c1-16-7-5-6-10-18(16)15-29-19-11-12-20(22(28)13-19)23-21(14-26-24(25)27-23)17-8-3-2-4-9-17/h2-14,28H,15H2,1H3,(H2,25,26,27). The molecule has 0 fully saturated rings. The van der Waals surface area contributed by atoms with Gasteiger partial charge in [0.2, 0.25) is 5.95 Å². The van der Waals surface area contributed by atoms with Crippen LogP contribution >= 0.6 is 0 Å². The van der Waals surface area contributed by atoms with E-state index in [1.807, 2.05) is 67.6 Å². The second kappa shape index (κ2) is 8.02. The molecular weight excluding hydrogens is 362 g/mol. The Morgan fingerprint density at radius 3 is 2.45 bits per heavy atom. The molecule has 0 aliphatic heterocycles. The maximum absolute atomic E-state index is 10.7. The fourth-order valence-corrected chi connectivity index (χ4v) is 3.16. The molecule has 3 aromatic carbocycles. The highest BCUT2D eigenvalue weighted by molar-refractivity contribution is 5.83. The fraction of sp³-hybridized carbons (Fsp3) is 0.0833. The van der Waals surface area contributed by atoms with Crippen molar-refractivity contribution in [2.75, 3.05) is 5.73 Å². The number of anilines is 1. The van der Waals surface area contributed by atoms with Crippen molar-refractivity contribution in [1.82, 2.24) is 9.97 Å². The average molecular weight is 383 g/mol. The first-order chi connectivity index (χ1) is 14.1. The van der Waals surface area contributed by atoms with Gasteiger partial charge in [0.1, 0.15) is 18.1 Å². The number of aromatic nitrogens is 2. The van der Waals surface area contributed by atoms with Crippen LogP contribution in [0.4, 0.5) is 5.95 Å². The molecule has 5 heteroatoms. The number of phenols is 1. The summed E-state index contributed by atoms with van der Waals surface area (Å²) in [5.74, 6) is 0.805. The third-order valence-corrected chi connectivity index (χ3v) is 4.77. The van der Waals surface area contributed by atoms with E-state index in [1.54, 1.807) is 18.3 Å². The Kier molecular flexibility index (Phi) is 5.12. The van der Waals surface area contributed by atoms with Crippen LogP contribution < -0.4 is 10.5 Å². The molecule has 0 saturated heterocycles. The molecule has 1 heterocycles. The third kappa shape index (κ3) is 4.04. The number of aryl methyl sites for hydroxylation is 1. The van der Waals surface area contributed by atoms with Gasteiger partial charge in [0, 0.05) is 23.4 Å². The lowest BCUT2D eigenvalue weighted by atomic mass is 10.00. The minimum Gasteiger partial charge on any atom is -0.507 e. The van der Waals surface area contributed by atoms with Crippen molar-refractivity contribution in [3.63, 3.8) is 0 Å². The van der Waals surface area contributed by atoms with Gasteiger partial charge in [-0.05, 0) is 35.7 Å². The molecule has 0 bridgehead atoms. The number of hydrogen-bond donors (Lipinski definition) is 2. The summed E-state index contributed by atoms with van der Waals surface area (Å²) in [4.78, 5) is 8.50. The normalized spacial score (nSPS) is 10.7. The van der Waals surface area contributed by atoms with E-state index in [0.717, 1.165) is 22.3 Å². The molecule has 0 unspecified atom stereocenters. The number of rotatable bonds is 5. The molecule has 0 radical (unpaired) electrons. The van der Waals surface area contributed by atoms with Crippen LogP contribution in [0.15, 0.2) is 79.0 Å². The zero-order chi connectivity index (χ0) is 20.2. The van der Waals surface area contributed by atoms with E-state index in [-0.39, 0.29) is 11.7 Å². The zero-order valence-electron chi connectivity index (χ0n) is 16.0. The SMILES string of the molecule is Cc1ccccc1COc1ccc(-c2nc(N)ncc2-c2ccccc2)c(O)c1. The maximum atomic E-state index is 10.7. The van der Waals surface area contributed by atoms with Crippen LogP contribution in [-0.2, 0) is 6.61 Å². The number of ether oxygens (including phenoxy) is 1. The lowest BCUT2D eigenvalue weighted by molar-refractivity contribution is 0.303. The van der Waals surface area contributed by atoms with Gasteiger partial charge in [-0.15, -0.1) is 0 Å². The second-order valence-electron chi connectivity index (χ2n) is 6.75. The van der Waals surface area contributed by atoms with E-state index in [1.165, 1.54) is 0 Å². The number of nitrogens with zero attached hydrogens (tertiary/aromatic N) is 2. The monoisotopic (exact) mass is 383 g/mol. The molecule has 0 saturated carbocycles. The van der Waals surface area contributed by atoms with Crippen molar-refractivity contribution in [2.24, 2.45) is 0 Å². The molecule has 0 aliphatic rings. The molecule has 5 nitrogen and oxygen atoms in total. The number of phenolic OH excluding ortho intramolecular Hbond substituents is 1. The van der Waals surface area contributed by atoms with Crippen LogP contribution in [0.1, 0.15) is 11.1 Å². The highest BCUT2D eigenvalue weighted by Crippen LogP contribution is 2.37. The van der Waals surface area contributed by atoms with E-state index in [0.29, 0.717) is 23.6 Å². The van der Waals surface area contributed by atoms with Gasteiger partial charge >= 0.3 is 0 Å². The molecular formula is C24H21N3O2. The summed E-state index contributed by atoms with van der Waals surface area (Å²) in [6, 6.07) is 23.0. The fourth-order valence-electron chi connectivity index (χ4n) is 3.16. The summed E-state index contributed by atoms with van der Waals surface area (Å²) >= 11 is 0. The van der Waals surface area contributed by atoms with E-state index in [4.69, 9.17) is 10.5 Å². The smallest absolute Gasteiger partial charge is 0.220 e. The summed E-state index contributed by atoms with van der Waals surface area (Å²) in [6.07, 6.45) is 1.68. The van der Waals surface area contributed by atoms with Crippen molar-refractivity contribution in [3.8, 4) is 33.9 Å². The topological polar surface area (TPSA) is 81.3 Å². The Morgan fingerprint density at radius 1 is 0.931 bits per heavy atom. The molecule has 144 valence electrons. The largest absolute Gasteiger partial charge is 0.507 e. The molecule has 0 aliphatic carbocycles. The third-order valence-electron chi connectivity index (χ3n) is 4.77. The average Bonchev–Trinajstić information content (AvgIpc) is 2.74. The molecule has 29 heavy (non-hydrogen) atoms. The van der Waals surface area contributed by atoms with Gasteiger partial charge in [-0.2, -0.15) is 0 Å². The Morgan fingerprint density at radius 2 is 1.69 bits per heavy atom. The van der Waals surface area contributed by atoms with Crippen LogP contribution in [0.25, 0.3) is 22.4 Å². The van der Waals surface area contributed by atoms with Crippen LogP contribution in [0.5, 0.6) is 11.5 Å². The van der Waals surface area contributed by atoms with Gasteiger partial charge in [0.15, 0.2) is 0 Å². The van der Waals surface area contributed by atoms with Crippen molar-refractivity contribution >= 4 is 5.95 Å². The summed E-state index contributed by atoms with van der Waals surface area (Å²) in [5.41, 5.74) is 11.0. The maximum Gasteiger partial charge on any atom is 0.220 e. The second-order valence-corrected chi connectivity index (χ2v) is 6.75. The van der Waals surface area contributed by atoms with Crippen molar-refractivity contribution in [2.45, 2.75) is 13.5 Å². The highest BCUT2D eigenvalue weighted by atomic mass is 16.5. The molecule has 1 aromatic heterocycles. The van der Waals surface area contributed by atoms with Crippen LogP contribution in [0, 0.1) is 6.92 Å². The Bertz CT molecular complexity index is 1140. The van der Waals surface area contributed by atoms with Crippen LogP contribution in [-0.4, -0.2) is 15.1 Å². The van der Waals surface area contributed by atoms with E-state index >= 15 is 0 Å². The number of nitrogen functional groups attached to an aromatic ring is 1. The van der Waals surface area contributed by atoms with E-state index in [9.17, 15) is 5.11 Å².